The molecule has 196 valence electrons. The molecule has 0 unspecified atom stereocenters. The number of aromatic nitrogens is 1. The van der Waals surface area contributed by atoms with E-state index in [-0.39, 0.29) is 37.3 Å². The Morgan fingerprint density at radius 1 is 1.03 bits per heavy atom. The molecule has 0 saturated heterocycles. The Labute approximate surface area is 216 Å². The van der Waals surface area contributed by atoms with Crippen molar-refractivity contribution in [2.75, 3.05) is 39.9 Å². The molecule has 0 aliphatic carbocycles. The first-order chi connectivity index (χ1) is 17.8. The van der Waals surface area contributed by atoms with Gasteiger partial charge in [-0.15, -0.1) is 0 Å². The molecule has 0 radical (unpaired) electrons. The maximum absolute atomic E-state index is 13.9. The summed E-state index contributed by atoms with van der Waals surface area (Å²) in [4.78, 5) is 41.0. The molecular formula is C28H34N4O5. The predicted molar refractivity (Wildman–Crippen MR) is 141 cm³/mol. The number of nitrogens with one attached hydrogen (secondary N) is 2. The number of nitrogens with zero attached hydrogens (tertiary/aromatic N) is 2. The second kappa shape index (κ2) is 11.4. The van der Waals surface area contributed by atoms with Crippen LogP contribution in [0, 0.1) is 13.8 Å². The Balaban J connectivity index is 1.62. The number of methoxy groups -OCH3 is 1. The number of aryl methyl sites for hydroxylation is 2. The number of hydrogen-bond acceptors (Lipinski definition) is 5. The molecule has 0 fully saturated rings. The third-order valence-electron chi connectivity index (χ3n) is 6.76. The van der Waals surface area contributed by atoms with Gasteiger partial charge in [0, 0.05) is 49.7 Å². The van der Waals surface area contributed by atoms with E-state index in [0.717, 1.165) is 22.2 Å². The fraction of sp³-hybridized carbons (Fsp3) is 0.393. The summed E-state index contributed by atoms with van der Waals surface area (Å²) in [5.74, 6) is 0.617. The third kappa shape index (κ3) is 5.71. The topological polar surface area (TPSA) is 102 Å². The first-order valence-electron chi connectivity index (χ1n) is 12.5. The summed E-state index contributed by atoms with van der Waals surface area (Å²) in [6.45, 7) is 5.35. The monoisotopic (exact) mass is 506 g/mol. The standard InChI is InChI=1S/C28H34N4O5/c1-18-7-10-24-22(16-18)27(34)30-11-14-32(13-5-6-25(33)29-12-15-37-24)28(35)26-19(2)31(3)23-9-8-20(36-4)17-21(23)26/h7-10,16-17H,5-6,11-15H2,1-4H3,(H,29,33)(H,30,34). The fourth-order valence-corrected chi connectivity index (χ4v) is 4.64. The van der Waals surface area contributed by atoms with Crippen LogP contribution in [0.25, 0.3) is 10.9 Å². The summed E-state index contributed by atoms with van der Waals surface area (Å²) in [5.41, 5.74) is 3.73. The number of hydrogen-bond donors (Lipinski definition) is 2. The number of carbonyl (C=O) groups is 3. The molecule has 2 N–H and O–H groups in total. The Morgan fingerprint density at radius 3 is 2.62 bits per heavy atom. The molecule has 3 aromatic rings. The second-order valence-corrected chi connectivity index (χ2v) is 9.25. The average Bonchev–Trinajstić information content (AvgIpc) is 3.13. The molecule has 0 saturated carbocycles. The fourth-order valence-electron chi connectivity index (χ4n) is 4.64. The van der Waals surface area contributed by atoms with E-state index in [0.29, 0.717) is 48.7 Å². The van der Waals surface area contributed by atoms with Crippen molar-refractivity contribution in [1.82, 2.24) is 20.1 Å². The largest absolute Gasteiger partial charge is 0.497 e. The Bertz CT molecular complexity index is 1330. The van der Waals surface area contributed by atoms with E-state index in [2.05, 4.69) is 10.6 Å². The normalized spacial score (nSPS) is 15.6. The van der Waals surface area contributed by atoms with Gasteiger partial charge in [0.1, 0.15) is 18.1 Å². The smallest absolute Gasteiger partial charge is 0.256 e. The lowest BCUT2D eigenvalue weighted by atomic mass is 10.1. The number of ether oxygens (including phenoxy) is 2. The first kappa shape index (κ1) is 26.1. The Hall–Kier alpha value is -4.01. The van der Waals surface area contributed by atoms with E-state index in [1.165, 1.54) is 0 Å². The highest BCUT2D eigenvalue weighted by molar-refractivity contribution is 6.08. The lowest BCUT2D eigenvalue weighted by Gasteiger charge is -2.23. The molecular weight excluding hydrogens is 472 g/mol. The molecule has 3 amide bonds. The minimum atomic E-state index is -0.268. The molecule has 0 spiro atoms. The number of benzene rings is 2. The van der Waals surface area contributed by atoms with Gasteiger partial charge in [0.25, 0.3) is 11.8 Å². The summed E-state index contributed by atoms with van der Waals surface area (Å²) in [6.07, 6.45) is 0.785. The van der Waals surface area contributed by atoms with Crippen molar-refractivity contribution in [2.45, 2.75) is 26.7 Å². The molecule has 4 rings (SSSR count). The van der Waals surface area contributed by atoms with Crippen LogP contribution in [-0.2, 0) is 11.8 Å². The Kier molecular flexibility index (Phi) is 8.01. The van der Waals surface area contributed by atoms with E-state index in [1.807, 2.05) is 49.7 Å². The molecule has 2 heterocycles. The van der Waals surface area contributed by atoms with Gasteiger partial charge in [0.15, 0.2) is 0 Å². The number of fused-ring (bicyclic) bond motifs is 2. The minimum absolute atomic E-state index is 0.102. The predicted octanol–water partition coefficient (Wildman–Crippen LogP) is 2.96. The van der Waals surface area contributed by atoms with Gasteiger partial charge in [0.05, 0.1) is 24.8 Å². The molecule has 2 aromatic carbocycles. The first-order valence-corrected chi connectivity index (χ1v) is 12.5. The third-order valence-corrected chi connectivity index (χ3v) is 6.76. The van der Waals surface area contributed by atoms with E-state index < -0.39 is 0 Å². The highest BCUT2D eigenvalue weighted by Gasteiger charge is 2.24. The van der Waals surface area contributed by atoms with Gasteiger partial charge in [-0.2, -0.15) is 0 Å². The number of carbonyl (C=O) groups excluding carboxylic acids is 3. The van der Waals surface area contributed by atoms with E-state index >= 15 is 0 Å². The summed E-state index contributed by atoms with van der Waals surface area (Å²) >= 11 is 0. The molecule has 9 nitrogen and oxygen atoms in total. The summed E-state index contributed by atoms with van der Waals surface area (Å²) in [5, 5.41) is 6.59. The van der Waals surface area contributed by atoms with Crippen molar-refractivity contribution >= 4 is 28.6 Å². The van der Waals surface area contributed by atoms with Gasteiger partial charge in [-0.1, -0.05) is 11.6 Å². The van der Waals surface area contributed by atoms with Crippen LogP contribution in [0.1, 0.15) is 44.8 Å². The van der Waals surface area contributed by atoms with Crippen molar-refractivity contribution in [2.24, 2.45) is 7.05 Å². The molecule has 0 bridgehead atoms. The SMILES string of the molecule is COc1ccc2c(c1)c(C(=O)N1CCCC(=O)NCCOc3ccc(C)cc3C(=O)NCC1)c(C)n2C. The zero-order valence-corrected chi connectivity index (χ0v) is 21.8. The minimum Gasteiger partial charge on any atom is -0.497 e. The zero-order valence-electron chi connectivity index (χ0n) is 21.8. The van der Waals surface area contributed by atoms with Gasteiger partial charge >= 0.3 is 0 Å². The number of amides is 3. The average molecular weight is 507 g/mol. The Morgan fingerprint density at radius 2 is 1.84 bits per heavy atom. The van der Waals surface area contributed by atoms with Crippen molar-refractivity contribution in [3.8, 4) is 11.5 Å². The van der Waals surface area contributed by atoms with E-state index in [4.69, 9.17) is 9.47 Å². The molecule has 37 heavy (non-hydrogen) atoms. The maximum Gasteiger partial charge on any atom is 0.256 e. The van der Waals surface area contributed by atoms with Crippen molar-refractivity contribution in [1.29, 1.82) is 0 Å². The van der Waals surface area contributed by atoms with Crippen LogP contribution in [0.4, 0.5) is 0 Å². The van der Waals surface area contributed by atoms with Gasteiger partial charge in [0.2, 0.25) is 5.91 Å². The van der Waals surface area contributed by atoms with Gasteiger partial charge in [-0.25, -0.2) is 0 Å². The summed E-state index contributed by atoms with van der Waals surface area (Å²) in [6, 6.07) is 11.1. The molecule has 0 atom stereocenters. The van der Waals surface area contributed by atoms with Gasteiger partial charge in [-0.05, 0) is 50.6 Å². The maximum atomic E-state index is 13.9. The van der Waals surface area contributed by atoms with Gasteiger partial charge in [-0.3, -0.25) is 14.4 Å². The summed E-state index contributed by atoms with van der Waals surface area (Å²) < 4.78 is 13.2. The van der Waals surface area contributed by atoms with Crippen LogP contribution in [0.2, 0.25) is 0 Å². The van der Waals surface area contributed by atoms with Crippen molar-refractivity contribution in [3.63, 3.8) is 0 Å². The quantitative estimate of drug-likeness (QED) is 0.557. The van der Waals surface area contributed by atoms with Crippen molar-refractivity contribution in [3.05, 3.63) is 58.8 Å². The van der Waals surface area contributed by atoms with Crippen LogP contribution in [0.5, 0.6) is 11.5 Å². The van der Waals surface area contributed by atoms with Gasteiger partial charge < -0.3 is 29.6 Å². The lowest BCUT2D eigenvalue weighted by molar-refractivity contribution is -0.121. The van der Waals surface area contributed by atoms with Crippen LogP contribution in [-0.4, -0.2) is 67.1 Å². The van der Waals surface area contributed by atoms with Crippen LogP contribution in [0.3, 0.4) is 0 Å². The highest BCUT2D eigenvalue weighted by atomic mass is 16.5. The molecule has 9 heteroatoms. The molecule has 1 aliphatic heterocycles. The second-order valence-electron chi connectivity index (χ2n) is 9.25. The number of rotatable bonds is 2. The van der Waals surface area contributed by atoms with Crippen LogP contribution in [0.15, 0.2) is 36.4 Å². The molecule has 1 aliphatic rings. The van der Waals surface area contributed by atoms with Crippen LogP contribution >= 0.6 is 0 Å². The van der Waals surface area contributed by atoms with Crippen molar-refractivity contribution < 1.29 is 23.9 Å². The van der Waals surface area contributed by atoms with Crippen LogP contribution < -0.4 is 20.1 Å². The zero-order chi connectivity index (χ0) is 26.5. The van der Waals surface area contributed by atoms with E-state index in [9.17, 15) is 14.4 Å². The van der Waals surface area contributed by atoms with E-state index in [1.54, 1.807) is 24.1 Å². The lowest BCUT2D eigenvalue weighted by Crippen LogP contribution is -2.39. The highest BCUT2D eigenvalue weighted by Crippen LogP contribution is 2.30. The summed E-state index contributed by atoms with van der Waals surface area (Å²) in [7, 11) is 3.53. The molecule has 1 aromatic heterocycles.